The number of benzene rings is 1. The molecule has 0 atom stereocenters. The number of carbonyl (C=O) groups excluding carboxylic acids is 1. The number of rotatable bonds is 4. The largest absolute Gasteiger partial charge is 0.339 e. The zero-order chi connectivity index (χ0) is 14.6. The van der Waals surface area contributed by atoms with Gasteiger partial charge < -0.3 is 10.2 Å². The third-order valence-corrected chi connectivity index (χ3v) is 4.78. The van der Waals surface area contributed by atoms with E-state index < -0.39 is 15.6 Å². The van der Waals surface area contributed by atoms with E-state index in [-0.39, 0.29) is 11.7 Å². The van der Waals surface area contributed by atoms with Crippen molar-refractivity contribution >= 4 is 15.7 Å². The Kier molecular flexibility index (Phi) is 4.77. The van der Waals surface area contributed by atoms with Crippen LogP contribution in [0.5, 0.6) is 0 Å². The molecule has 1 heterocycles. The zero-order valence-electron chi connectivity index (χ0n) is 11.6. The lowest BCUT2D eigenvalue weighted by Crippen LogP contribution is -2.48. The number of amides is 1. The van der Waals surface area contributed by atoms with E-state index in [1.165, 1.54) is 0 Å². The fourth-order valence-electron chi connectivity index (χ4n) is 2.18. The van der Waals surface area contributed by atoms with E-state index in [0.29, 0.717) is 13.1 Å². The first-order chi connectivity index (χ1) is 9.46. The lowest BCUT2D eigenvalue weighted by molar-refractivity contribution is -0.128. The minimum Gasteiger partial charge on any atom is -0.339 e. The molecule has 6 heteroatoms. The highest BCUT2D eigenvalue weighted by atomic mass is 32.2. The average molecular weight is 296 g/mol. The van der Waals surface area contributed by atoms with Crippen molar-refractivity contribution in [3.63, 3.8) is 0 Å². The normalized spacial score (nSPS) is 16.1. The maximum absolute atomic E-state index is 12.1. The molecule has 0 aromatic heterocycles. The van der Waals surface area contributed by atoms with Crippen LogP contribution >= 0.6 is 0 Å². The van der Waals surface area contributed by atoms with Crippen molar-refractivity contribution in [3.8, 4) is 0 Å². The molecule has 110 valence electrons. The molecule has 0 saturated carbocycles. The Morgan fingerprint density at radius 2 is 1.80 bits per heavy atom. The van der Waals surface area contributed by atoms with Gasteiger partial charge in [0.2, 0.25) is 5.91 Å². The second-order valence-corrected chi connectivity index (χ2v) is 7.21. The van der Waals surface area contributed by atoms with E-state index in [9.17, 15) is 13.2 Å². The van der Waals surface area contributed by atoms with Crippen molar-refractivity contribution in [1.29, 1.82) is 0 Å². The molecule has 1 aromatic rings. The Morgan fingerprint density at radius 1 is 1.20 bits per heavy atom. The molecule has 0 radical (unpaired) electrons. The average Bonchev–Trinajstić information content (AvgIpc) is 2.41. The fraction of sp³-hybridized carbons (Fsp3) is 0.500. The van der Waals surface area contributed by atoms with Crippen LogP contribution in [0.1, 0.15) is 11.1 Å². The van der Waals surface area contributed by atoms with E-state index in [4.69, 9.17) is 0 Å². The number of carbonyl (C=O) groups is 1. The molecule has 0 spiro atoms. The maximum atomic E-state index is 12.1. The number of nitrogens with zero attached hydrogens (tertiary/aromatic N) is 1. The van der Waals surface area contributed by atoms with Gasteiger partial charge >= 0.3 is 0 Å². The lowest BCUT2D eigenvalue weighted by Gasteiger charge is -2.27. The summed E-state index contributed by atoms with van der Waals surface area (Å²) in [5, 5.41) is 3.13. The summed E-state index contributed by atoms with van der Waals surface area (Å²) in [5.41, 5.74) is 1.81. The van der Waals surface area contributed by atoms with Crippen LogP contribution in [0.15, 0.2) is 24.3 Å². The number of sulfone groups is 1. The molecule has 0 unspecified atom stereocenters. The van der Waals surface area contributed by atoms with Crippen molar-refractivity contribution in [3.05, 3.63) is 35.4 Å². The van der Waals surface area contributed by atoms with Gasteiger partial charge in [0.1, 0.15) is 5.75 Å². The van der Waals surface area contributed by atoms with Gasteiger partial charge in [-0.1, -0.05) is 29.8 Å². The van der Waals surface area contributed by atoms with Crippen LogP contribution in [0, 0.1) is 6.92 Å². The Labute approximate surface area is 119 Å². The highest BCUT2D eigenvalue weighted by Gasteiger charge is 2.23. The molecule has 1 N–H and O–H groups in total. The minimum absolute atomic E-state index is 0.0783. The number of hydrogen-bond donors (Lipinski definition) is 1. The fourth-order valence-corrected chi connectivity index (χ4v) is 3.54. The first-order valence-corrected chi connectivity index (χ1v) is 8.53. The van der Waals surface area contributed by atoms with Gasteiger partial charge in [-0.25, -0.2) is 8.42 Å². The first-order valence-electron chi connectivity index (χ1n) is 6.71. The molecule has 5 nitrogen and oxygen atoms in total. The minimum atomic E-state index is -3.41. The summed E-state index contributed by atoms with van der Waals surface area (Å²) in [6.45, 7) is 4.57. The van der Waals surface area contributed by atoms with E-state index in [2.05, 4.69) is 5.32 Å². The third-order valence-electron chi connectivity index (χ3n) is 3.32. The topological polar surface area (TPSA) is 66.5 Å². The Balaban J connectivity index is 1.96. The van der Waals surface area contributed by atoms with Gasteiger partial charge in [-0.2, -0.15) is 0 Å². The first kappa shape index (κ1) is 15.0. The SMILES string of the molecule is Cc1ccc(CS(=O)(=O)CC(=O)N2CCNCC2)cc1. The van der Waals surface area contributed by atoms with Gasteiger partial charge in [0.05, 0.1) is 5.75 Å². The van der Waals surface area contributed by atoms with Crippen LogP contribution in [0.25, 0.3) is 0 Å². The monoisotopic (exact) mass is 296 g/mol. The van der Waals surface area contributed by atoms with Gasteiger partial charge in [0.25, 0.3) is 0 Å². The van der Waals surface area contributed by atoms with Crippen molar-refractivity contribution in [2.24, 2.45) is 0 Å². The zero-order valence-corrected chi connectivity index (χ0v) is 12.4. The second kappa shape index (κ2) is 6.37. The molecule has 2 rings (SSSR count). The smallest absolute Gasteiger partial charge is 0.237 e. The van der Waals surface area contributed by atoms with E-state index in [1.807, 2.05) is 19.1 Å². The second-order valence-electron chi connectivity index (χ2n) is 5.15. The molecular formula is C14H20N2O3S. The lowest BCUT2D eigenvalue weighted by atomic mass is 10.2. The van der Waals surface area contributed by atoms with Crippen LogP contribution < -0.4 is 5.32 Å². The van der Waals surface area contributed by atoms with Gasteiger partial charge in [0.15, 0.2) is 9.84 Å². The van der Waals surface area contributed by atoms with Crippen molar-refractivity contribution < 1.29 is 13.2 Å². The highest BCUT2D eigenvalue weighted by Crippen LogP contribution is 2.09. The summed E-state index contributed by atoms with van der Waals surface area (Å²) in [6.07, 6.45) is 0. The van der Waals surface area contributed by atoms with Crippen LogP contribution in [0.4, 0.5) is 0 Å². The molecule has 0 bridgehead atoms. The highest BCUT2D eigenvalue weighted by molar-refractivity contribution is 7.91. The Hall–Kier alpha value is -1.40. The summed E-state index contributed by atoms with van der Waals surface area (Å²) in [5.74, 6) is -0.773. The molecule has 1 aliphatic heterocycles. The van der Waals surface area contributed by atoms with Crippen molar-refractivity contribution in [2.45, 2.75) is 12.7 Å². The maximum Gasteiger partial charge on any atom is 0.237 e. The molecular weight excluding hydrogens is 276 g/mol. The molecule has 1 aromatic carbocycles. The van der Waals surface area contributed by atoms with Gasteiger partial charge in [-0.3, -0.25) is 4.79 Å². The summed E-state index contributed by atoms with van der Waals surface area (Å²) >= 11 is 0. The van der Waals surface area contributed by atoms with Gasteiger partial charge in [0, 0.05) is 26.2 Å². The van der Waals surface area contributed by atoms with Crippen LogP contribution in [-0.4, -0.2) is 51.2 Å². The molecule has 1 amide bonds. The molecule has 1 aliphatic rings. The van der Waals surface area contributed by atoms with Crippen LogP contribution in [0.2, 0.25) is 0 Å². The van der Waals surface area contributed by atoms with Crippen molar-refractivity contribution in [1.82, 2.24) is 10.2 Å². The summed E-state index contributed by atoms with van der Waals surface area (Å²) in [6, 6.07) is 7.34. The third kappa shape index (κ3) is 4.31. The number of nitrogens with one attached hydrogen (secondary N) is 1. The van der Waals surface area contributed by atoms with Gasteiger partial charge in [-0.05, 0) is 12.5 Å². The van der Waals surface area contributed by atoms with Crippen molar-refractivity contribution in [2.75, 3.05) is 31.9 Å². The quantitative estimate of drug-likeness (QED) is 0.870. The molecule has 1 saturated heterocycles. The number of aryl methyl sites for hydroxylation is 1. The Bertz CT molecular complexity index is 561. The van der Waals surface area contributed by atoms with Gasteiger partial charge in [-0.15, -0.1) is 0 Å². The van der Waals surface area contributed by atoms with E-state index in [1.54, 1.807) is 17.0 Å². The molecule has 0 aliphatic carbocycles. The summed E-state index contributed by atoms with van der Waals surface area (Å²) in [7, 11) is -3.41. The molecule has 1 fully saturated rings. The summed E-state index contributed by atoms with van der Waals surface area (Å²) < 4.78 is 24.1. The van der Waals surface area contributed by atoms with Crippen LogP contribution in [0.3, 0.4) is 0 Å². The standard InChI is InChI=1S/C14H20N2O3S/c1-12-2-4-13(5-3-12)10-20(18,19)11-14(17)16-8-6-15-7-9-16/h2-5,15H,6-11H2,1H3. The number of hydrogen-bond acceptors (Lipinski definition) is 4. The molecule has 20 heavy (non-hydrogen) atoms. The predicted molar refractivity (Wildman–Crippen MR) is 78.1 cm³/mol. The van der Waals surface area contributed by atoms with E-state index >= 15 is 0 Å². The summed E-state index contributed by atoms with van der Waals surface area (Å²) in [4.78, 5) is 13.6. The Morgan fingerprint density at radius 3 is 2.40 bits per heavy atom. The van der Waals surface area contributed by atoms with E-state index in [0.717, 1.165) is 24.2 Å². The van der Waals surface area contributed by atoms with Crippen LogP contribution in [-0.2, 0) is 20.4 Å². The predicted octanol–water partition coefficient (Wildman–Crippen LogP) is 0.342. The number of piperazine rings is 1.